The van der Waals surface area contributed by atoms with Crippen LogP contribution in [0.3, 0.4) is 0 Å². The van der Waals surface area contributed by atoms with Gasteiger partial charge in [-0.05, 0) is 42.3 Å². The van der Waals surface area contributed by atoms with Crippen molar-refractivity contribution in [3.63, 3.8) is 0 Å². The van der Waals surface area contributed by atoms with Crippen LogP contribution in [0.2, 0.25) is 0 Å². The third-order valence-corrected chi connectivity index (χ3v) is 4.36. The molecule has 0 saturated carbocycles. The van der Waals surface area contributed by atoms with Crippen molar-refractivity contribution in [2.75, 3.05) is 11.9 Å². The molecular weight excluding hydrogens is 431 g/mol. The lowest BCUT2D eigenvalue weighted by Crippen LogP contribution is -2.40. The summed E-state index contributed by atoms with van der Waals surface area (Å²) in [4.78, 5) is 21.4. The molecule has 32 heavy (non-hydrogen) atoms. The summed E-state index contributed by atoms with van der Waals surface area (Å²) in [5.74, 6) is -1.74. The van der Waals surface area contributed by atoms with Crippen molar-refractivity contribution in [2.45, 2.75) is 19.2 Å². The number of hydrogen-bond acceptors (Lipinski definition) is 5. The van der Waals surface area contributed by atoms with Crippen LogP contribution < -0.4 is 14.8 Å². The first-order valence-electron chi connectivity index (χ1n) is 9.24. The molecule has 1 aromatic heterocycles. The van der Waals surface area contributed by atoms with Crippen molar-refractivity contribution < 1.29 is 37.3 Å². The maximum atomic E-state index is 12.5. The fraction of sp³-hybridized carbons (Fsp3) is 0.190. The van der Waals surface area contributed by atoms with Gasteiger partial charge < -0.3 is 19.9 Å². The van der Waals surface area contributed by atoms with Crippen molar-refractivity contribution in [1.29, 1.82) is 0 Å². The molecule has 168 valence electrons. The van der Waals surface area contributed by atoms with Crippen LogP contribution in [0.25, 0.3) is 11.1 Å². The van der Waals surface area contributed by atoms with Crippen molar-refractivity contribution in [2.24, 2.45) is 0 Å². The third kappa shape index (κ3) is 5.56. The number of carboxylic acids is 1. The van der Waals surface area contributed by atoms with Crippen molar-refractivity contribution in [3.8, 4) is 22.6 Å². The molecule has 4 rings (SSSR count). The minimum Gasteiger partial charge on any atom is -0.485 e. The number of carbonyl (C=O) groups excluding carboxylic acids is 1. The first-order valence-corrected chi connectivity index (χ1v) is 9.24. The van der Waals surface area contributed by atoms with Crippen LogP contribution in [0.4, 0.5) is 18.9 Å². The van der Waals surface area contributed by atoms with Gasteiger partial charge in [-0.25, -0.2) is 4.79 Å². The monoisotopic (exact) mass is 449 g/mol. The Balaban J connectivity index is 0.000000360. The normalized spacial score (nSPS) is 14.7. The van der Waals surface area contributed by atoms with E-state index in [-0.39, 0.29) is 12.5 Å². The largest absolute Gasteiger partial charge is 0.490 e. The number of rotatable bonds is 3. The number of aryl methyl sites for hydroxylation is 1. The molecule has 11 heteroatoms. The molecule has 2 heterocycles. The highest BCUT2D eigenvalue weighted by Crippen LogP contribution is 2.31. The lowest BCUT2D eigenvalue weighted by molar-refractivity contribution is -0.192. The average Bonchev–Trinajstić information content (AvgIpc) is 3.29. The van der Waals surface area contributed by atoms with Gasteiger partial charge in [-0.15, -0.1) is 0 Å². The molecule has 1 atom stereocenters. The Kier molecular flexibility index (Phi) is 6.67. The van der Waals surface area contributed by atoms with E-state index >= 15 is 0 Å². The van der Waals surface area contributed by atoms with Gasteiger partial charge in [-0.1, -0.05) is 18.2 Å². The van der Waals surface area contributed by atoms with Crippen LogP contribution in [-0.2, 0) is 9.59 Å². The number of fused-ring (bicyclic) bond motifs is 1. The third-order valence-electron chi connectivity index (χ3n) is 4.36. The van der Waals surface area contributed by atoms with Gasteiger partial charge in [-0.3, -0.25) is 9.89 Å². The van der Waals surface area contributed by atoms with E-state index in [0.717, 1.165) is 22.4 Å². The highest BCUT2D eigenvalue weighted by molar-refractivity contribution is 5.95. The minimum absolute atomic E-state index is 0.189. The molecule has 1 amide bonds. The number of halogens is 3. The first kappa shape index (κ1) is 22.7. The summed E-state index contributed by atoms with van der Waals surface area (Å²) in [6, 6.07) is 13.2. The van der Waals surface area contributed by atoms with Crippen LogP contribution >= 0.6 is 0 Å². The maximum Gasteiger partial charge on any atom is 0.490 e. The summed E-state index contributed by atoms with van der Waals surface area (Å²) < 4.78 is 43.1. The van der Waals surface area contributed by atoms with E-state index < -0.39 is 18.2 Å². The second kappa shape index (κ2) is 9.41. The number of amides is 1. The number of carbonyl (C=O) groups is 2. The average molecular weight is 449 g/mol. The van der Waals surface area contributed by atoms with Gasteiger partial charge in [0.05, 0.1) is 6.20 Å². The van der Waals surface area contributed by atoms with E-state index in [0.29, 0.717) is 11.5 Å². The zero-order valence-electron chi connectivity index (χ0n) is 16.6. The standard InChI is InChI=1S/C19H17N3O3.C2HF3O2/c1-12-8-13(14-9-20-21-10-14)6-7-15(12)22-19(23)18-11-24-16-4-2-3-5-17(16)25-18;3-2(4,5)1(6)7/h2-10,18H,11H2,1H3,(H,20,21)(H,22,23);(H,6,7). The molecule has 0 spiro atoms. The Morgan fingerprint density at radius 2 is 1.84 bits per heavy atom. The van der Waals surface area contributed by atoms with Crippen LogP contribution in [-0.4, -0.2) is 46.1 Å². The number of para-hydroxylation sites is 2. The summed E-state index contributed by atoms with van der Waals surface area (Å²) >= 11 is 0. The molecule has 0 aliphatic carbocycles. The quantitative estimate of drug-likeness (QED) is 0.561. The van der Waals surface area contributed by atoms with E-state index in [4.69, 9.17) is 19.4 Å². The predicted molar refractivity (Wildman–Crippen MR) is 107 cm³/mol. The lowest BCUT2D eigenvalue weighted by atomic mass is 10.1. The van der Waals surface area contributed by atoms with Crippen molar-refractivity contribution >= 4 is 17.6 Å². The van der Waals surface area contributed by atoms with Gasteiger partial charge in [0, 0.05) is 17.4 Å². The fourth-order valence-corrected chi connectivity index (χ4v) is 2.75. The molecule has 3 aromatic rings. The summed E-state index contributed by atoms with van der Waals surface area (Å²) in [5.41, 5.74) is 3.75. The van der Waals surface area contributed by atoms with Gasteiger partial charge in [0.1, 0.15) is 6.61 Å². The molecule has 8 nitrogen and oxygen atoms in total. The second-order valence-corrected chi connectivity index (χ2v) is 6.67. The van der Waals surface area contributed by atoms with Gasteiger partial charge in [-0.2, -0.15) is 18.3 Å². The zero-order valence-corrected chi connectivity index (χ0v) is 16.6. The number of aromatic amines is 1. The Bertz CT molecular complexity index is 1100. The molecule has 2 aromatic carbocycles. The topological polar surface area (TPSA) is 114 Å². The summed E-state index contributed by atoms with van der Waals surface area (Å²) in [5, 5.41) is 16.8. The number of nitrogens with zero attached hydrogens (tertiary/aromatic N) is 1. The number of H-pyrrole nitrogens is 1. The second-order valence-electron chi connectivity index (χ2n) is 6.67. The summed E-state index contributed by atoms with van der Waals surface area (Å²) in [6.45, 7) is 2.14. The lowest BCUT2D eigenvalue weighted by Gasteiger charge is -2.25. The van der Waals surface area contributed by atoms with E-state index in [9.17, 15) is 18.0 Å². The van der Waals surface area contributed by atoms with Gasteiger partial charge >= 0.3 is 12.1 Å². The molecule has 0 radical (unpaired) electrons. The smallest absolute Gasteiger partial charge is 0.485 e. The van der Waals surface area contributed by atoms with E-state index in [1.165, 1.54) is 0 Å². The fourth-order valence-electron chi connectivity index (χ4n) is 2.75. The van der Waals surface area contributed by atoms with Crippen LogP contribution in [0, 0.1) is 6.92 Å². The SMILES string of the molecule is Cc1cc(-c2cn[nH]c2)ccc1NC(=O)C1COc2ccccc2O1.O=C(O)C(F)(F)F. The van der Waals surface area contributed by atoms with Gasteiger partial charge in [0.15, 0.2) is 11.5 Å². The molecule has 1 unspecified atom stereocenters. The number of aromatic nitrogens is 2. The van der Waals surface area contributed by atoms with E-state index in [2.05, 4.69) is 15.5 Å². The number of aliphatic carboxylic acids is 1. The molecule has 0 bridgehead atoms. The Labute approximate surface area is 180 Å². The maximum absolute atomic E-state index is 12.5. The number of ether oxygens (including phenoxy) is 2. The van der Waals surface area contributed by atoms with Crippen LogP contribution in [0.1, 0.15) is 5.56 Å². The van der Waals surface area contributed by atoms with E-state index in [1.807, 2.05) is 49.5 Å². The van der Waals surface area contributed by atoms with Gasteiger partial charge in [0.25, 0.3) is 5.91 Å². The minimum atomic E-state index is -5.08. The Morgan fingerprint density at radius 1 is 1.16 bits per heavy atom. The zero-order chi connectivity index (χ0) is 23.3. The summed E-state index contributed by atoms with van der Waals surface area (Å²) in [7, 11) is 0. The van der Waals surface area contributed by atoms with Crippen molar-refractivity contribution in [1.82, 2.24) is 10.2 Å². The number of carboxylic acid groups (broad SMARTS) is 1. The Hall–Kier alpha value is -4.02. The highest BCUT2D eigenvalue weighted by Gasteiger charge is 2.38. The molecule has 1 aliphatic heterocycles. The summed E-state index contributed by atoms with van der Waals surface area (Å²) in [6.07, 6.45) is -2.17. The highest BCUT2D eigenvalue weighted by atomic mass is 19.4. The number of benzene rings is 2. The van der Waals surface area contributed by atoms with Crippen LogP contribution in [0.5, 0.6) is 11.5 Å². The predicted octanol–water partition coefficient (Wildman–Crippen LogP) is 3.80. The van der Waals surface area contributed by atoms with Crippen molar-refractivity contribution in [3.05, 3.63) is 60.4 Å². The Morgan fingerprint density at radius 3 is 2.44 bits per heavy atom. The number of hydrogen-bond donors (Lipinski definition) is 3. The number of nitrogens with one attached hydrogen (secondary N) is 2. The molecule has 0 saturated heterocycles. The molecule has 1 aliphatic rings. The molecular formula is C21H18F3N3O5. The van der Waals surface area contributed by atoms with E-state index in [1.54, 1.807) is 12.3 Å². The number of anilines is 1. The first-order chi connectivity index (χ1) is 15.1. The molecule has 0 fully saturated rings. The number of alkyl halides is 3. The van der Waals surface area contributed by atoms with Crippen LogP contribution in [0.15, 0.2) is 54.9 Å². The van der Waals surface area contributed by atoms with Gasteiger partial charge in [0.2, 0.25) is 6.10 Å². The molecule has 3 N–H and O–H groups in total.